The monoisotopic (exact) mass is 293 g/mol. The predicted molar refractivity (Wildman–Crippen MR) is 77.9 cm³/mol. The van der Waals surface area contributed by atoms with Crippen LogP contribution in [-0.4, -0.2) is 16.7 Å². The fourth-order valence-corrected chi connectivity index (χ4v) is 2.73. The molecule has 0 bridgehead atoms. The Bertz CT molecular complexity index is 601. The van der Waals surface area contributed by atoms with Crippen molar-refractivity contribution in [3.8, 4) is 0 Å². The number of rotatable bonds is 2. The van der Waals surface area contributed by atoms with Gasteiger partial charge >= 0.3 is 0 Å². The highest BCUT2D eigenvalue weighted by Crippen LogP contribution is 2.29. The summed E-state index contributed by atoms with van der Waals surface area (Å²) in [6.45, 7) is 1.76. The Morgan fingerprint density at radius 1 is 1.16 bits per heavy atom. The summed E-state index contributed by atoms with van der Waals surface area (Å²) in [6.07, 6.45) is 2.03. The fraction of sp³-hybridized carbons (Fsp3) is 0.286. The lowest BCUT2D eigenvalue weighted by Crippen LogP contribution is -2.29. The Labute approximate surface area is 122 Å². The molecule has 0 saturated heterocycles. The van der Waals surface area contributed by atoms with E-state index in [0.717, 1.165) is 47.9 Å². The van der Waals surface area contributed by atoms with Crippen LogP contribution in [0.3, 0.4) is 0 Å². The molecule has 0 radical (unpaired) electrons. The number of aromatic nitrogens is 2. The zero-order chi connectivity index (χ0) is 13.2. The molecule has 0 unspecified atom stereocenters. The van der Waals surface area contributed by atoms with Crippen LogP contribution in [0.2, 0.25) is 10.2 Å². The number of anilines is 1. The van der Waals surface area contributed by atoms with Gasteiger partial charge < -0.3 is 4.90 Å². The molecular weight excluding hydrogens is 281 g/mol. The van der Waals surface area contributed by atoms with Gasteiger partial charge in [-0.3, -0.25) is 0 Å². The Morgan fingerprint density at radius 2 is 2.00 bits per heavy atom. The van der Waals surface area contributed by atoms with E-state index in [-0.39, 0.29) is 0 Å². The van der Waals surface area contributed by atoms with Gasteiger partial charge in [0.2, 0.25) is 0 Å². The van der Waals surface area contributed by atoms with Crippen molar-refractivity contribution >= 4 is 28.9 Å². The van der Waals surface area contributed by atoms with Crippen molar-refractivity contribution < 1.29 is 0 Å². The second-order valence-electron chi connectivity index (χ2n) is 4.62. The van der Waals surface area contributed by atoms with Crippen molar-refractivity contribution in [2.24, 2.45) is 0 Å². The van der Waals surface area contributed by atoms with Gasteiger partial charge in [-0.1, -0.05) is 41.4 Å². The molecule has 3 rings (SSSR count). The highest BCUT2D eigenvalue weighted by atomic mass is 35.5. The van der Waals surface area contributed by atoms with Gasteiger partial charge in [-0.25, -0.2) is 0 Å². The van der Waals surface area contributed by atoms with Crippen molar-refractivity contribution in [2.45, 2.75) is 19.4 Å². The van der Waals surface area contributed by atoms with Crippen LogP contribution in [0.5, 0.6) is 0 Å². The highest BCUT2D eigenvalue weighted by molar-refractivity contribution is 6.31. The van der Waals surface area contributed by atoms with Crippen LogP contribution in [0.25, 0.3) is 0 Å². The maximum atomic E-state index is 6.22. The van der Waals surface area contributed by atoms with Gasteiger partial charge in [0.1, 0.15) is 0 Å². The maximum absolute atomic E-state index is 6.22. The Balaban J connectivity index is 1.92. The first-order chi connectivity index (χ1) is 9.24. The molecule has 98 valence electrons. The Hall–Kier alpha value is -1.32. The SMILES string of the molecule is Clc1cc2c(nn1)CCCN2Cc1ccccc1Cl. The summed E-state index contributed by atoms with van der Waals surface area (Å²) in [7, 11) is 0. The second kappa shape index (κ2) is 5.35. The molecule has 2 aromatic rings. The number of halogens is 2. The minimum atomic E-state index is 0.435. The van der Waals surface area contributed by atoms with E-state index in [9.17, 15) is 0 Å². The van der Waals surface area contributed by atoms with Gasteiger partial charge in [-0.05, 0) is 24.5 Å². The van der Waals surface area contributed by atoms with Crippen molar-refractivity contribution in [2.75, 3.05) is 11.4 Å². The number of aryl methyl sites for hydroxylation is 1. The average molecular weight is 294 g/mol. The Morgan fingerprint density at radius 3 is 2.84 bits per heavy atom. The summed E-state index contributed by atoms with van der Waals surface area (Å²) in [5.41, 5.74) is 3.21. The van der Waals surface area contributed by atoms with E-state index in [1.165, 1.54) is 0 Å². The first-order valence-corrected chi connectivity index (χ1v) is 7.00. The van der Waals surface area contributed by atoms with Crippen LogP contribution in [0.4, 0.5) is 5.69 Å². The van der Waals surface area contributed by atoms with Crippen LogP contribution >= 0.6 is 23.2 Å². The van der Waals surface area contributed by atoms with Crippen LogP contribution in [-0.2, 0) is 13.0 Å². The minimum absolute atomic E-state index is 0.435. The van der Waals surface area contributed by atoms with E-state index in [1.807, 2.05) is 30.3 Å². The van der Waals surface area contributed by atoms with Crippen LogP contribution in [0, 0.1) is 0 Å². The molecular formula is C14H13Cl2N3. The van der Waals surface area contributed by atoms with E-state index >= 15 is 0 Å². The van der Waals surface area contributed by atoms with Crippen molar-refractivity contribution in [1.82, 2.24) is 10.2 Å². The van der Waals surface area contributed by atoms with E-state index in [4.69, 9.17) is 23.2 Å². The van der Waals surface area contributed by atoms with Crippen molar-refractivity contribution in [3.05, 3.63) is 51.8 Å². The molecule has 5 heteroatoms. The van der Waals surface area contributed by atoms with Crippen molar-refractivity contribution in [3.63, 3.8) is 0 Å². The lowest BCUT2D eigenvalue weighted by Gasteiger charge is -2.30. The molecule has 1 aromatic carbocycles. The molecule has 0 atom stereocenters. The van der Waals surface area contributed by atoms with Crippen LogP contribution in [0.15, 0.2) is 30.3 Å². The zero-order valence-electron chi connectivity index (χ0n) is 10.3. The fourth-order valence-electron chi connectivity index (χ4n) is 2.39. The third kappa shape index (κ3) is 2.67. The quantitative estimate of drug-likeness (QED) is 0.845. The summed E-state index contributed by atoms with van der Waals surface area (Å²) in [5.74, 6) is 0. The molecule has 19 heavy (non-hydrogen) atoms. The summed E-state index contributed by atoms with van der Waals surface area (Å²) < 4.78 is 0. The largest absolute Gasteiger partial charge is 0.366 e. The van der Waals surface area contributed by atoms with E-state index in [0.29, 0.717) is 5.15 Å². The molecule has 1 aliphatic heterocycles. The number of benzene rings is 1. The number of fused-ring (bicyclic) bond motifs is 1. The van der Waals surface area contributed by atoms with E-state index < -0.39 is 0 Å². The molecule has 0 N–H and O–H groups in total. The summed E-state index contributed by atoms with van der Waals surface area (Å²) in [5, 5.41) is 9.32. The second-order valence-corrected chi connectivity index (χ2v) is 5.41. The minimum Gasteiger partial charge on any atom is -0.366 e. The third-order valence-corrected chi connectivity index (χ3v) is 3.87. The topological polar surface area (TPSA) is 29.0 Å². The lowest BCUT2D eigenvalue weighted by molar-refractivity contribution is 0.666. The van der Waals surface area contributed by atoms with Crippen molar-refractivity contribution in [1.29, 1.82) is 0 Å². The summed E-state index contributed by atoms with van der Waals surface area (Å²) in [6, 6.07) is 9.80. The predicted octanol–water partition coefficient (Wildman–Crippen LogP) is 3.74. The normalized spacial score (nSPS) is 14.3. The first kappa shape index (κ1) is 12.7. The highest BCUT2D eigenvalue weighted by Gasteiger charge is 2.19. The molecule has 0 amide bonds. The smallest absolute Gasteiger partial charge is 0.153 e. The molecule has 2 heterocycles. The van der Waals surface area contributed by atoms with Gasteiger partial charge in [-0.2, -0.15) is 5.10 Å². The van der Waals surface area contributed by atoms with E-state index in [2.05, 4.69) is 15.1 Å². The molecule has 3 nitrogen and oxygen atoms in total. The van der Waals surface area contributed by atoms with Gasteiger partial charge in [0.05, 0.1) is 11.4 Å². The Kier molecular flexibility index (Phi) is 3.58. The lowest BCUT2D eigenvalue weighted by atomic mass is 10.1. The number of nitrogens with zero attached hydrogens (tertiary/aromatic N) is 3. The third-order valence-electron chi connectivity index (χ3n) is 3.32. The molecule has 1 aromatic heterocycles. The molecule has 0 aliphatic carbocycles. The summed E-state index contributed by atoms with van der Waals surface area (Å²) in [4.78, 5) is 2.26. The van der Waals surface area contributed by atoms with Gasteiger partial charge in [-0.15, -0.1) is 5.10 Å². The molecule has 0 fully saturated rings. The maximum Gasteiger partial charge on any atom is 0.153 e. The summed E-state index contributed by atoms with van der Waals surface area (Å²) >= 11 is 12.2. The van der Waals surface area contributed by atoms with E-state index in [1.54, 1.807) is 0 Å². The standard InChI is InChI=1S/C14H13Cl2N3/c15-11-5-2-1-4-10(11)9-19-7-3-6-12-13(19)8-14(16)18-17-12/h1-2,4-5,8H,3,6-7,9H2. The van der Waals surface area contributed by atoms with Crippen LogP contribution < -0.4 is 4.90 Å². The first-order valence-electron chi connectivity index (χ1n) is 6.24. The van der Waals surface area contributed by atoms with Crippen LogP contribution in [0.1, 0.15) is 17.7 Å². The number of hydrogen-bond donors (Lipinski definition) is 0. The molecule has 1 aliphatic rings. The van der Waals surface area contributed by atoms with Gasteiger partial charge in [0, 0.05) is 24.2 Å². The average Bonchev–Trinajstić information content (AvgIpc) is 2.42. The van der Waals surface area contributed by atoms with Gasteiger partial charge in [0.25, 0.3) is 0 Å². The molecule has 0 saturated carbocycles. The molecule has 0 spiro atoms. The zero-order valence-corrected chi connectivity index (χ0v) is 11.8. The number of hydrogen-bond acceptors (Lipinski definition) is 3. The van der Waals surface area contributed by atoms with Gasteiger partial charge in [0.15, 0.2) is 5.15 Å².